The average Bonchev–Trinajstić information content (AvgIpc) is 2.75. The molecule has 0 heterocycles. The third kappa shape index (κ3) is 3.73. The zero-order chi connectivity index (χ0) is 20.2. The maximum absolute atomic E-state index is 13.7. The van der Waals surface area contributed by atoms with E-state index in [0.717, 1.165) is 22.1 Å². The second-order valence-corrected chi connectivity index (χ2v) is 6.57. The number of carbonyl (C=O) groups excluding carboxylic acids is 2. The van der Waals surface area contributed by atoms with Crippen LogP contribution in [0.2, 0.25) is 0 Å². The first-order valence-electron chi connectivity index (χ1n) is 9.30. The standard InChI is InChI=1S/C25H19NO3/c1-18(27)29-24-22-15-9-8-10-19(22)16-17-23(24)25(28)26(20-11-4-2-5-12-20)21-13-6-3-7-14-21/h2-17H,1H3. The molecule has 0 aliphatic heterocycles. The van der Waals surface area contributed by atoms with Crippen molar-refractivity contribution in [3.63, 3.8) is 0 Å². The summed E-state index contributed by atoms with van der Waals surface area (Å²) >= 11 is 0. The highest BCUT2D eigenvalue weighted by Gasteiger charge is 2.25. The van der Waals surface area contributed by atoms with E-state index in [2.05, 4.69) is 0 Å². The highest BCUT2D eigenvalue weighted by atomic mass is 16.5. The molecule has 4 nitrogen and oxygen atoms in total. The fourth-order valence-electron chi connectivity index (χ4n) is 3.32. The maximum atomic E-state index is 13.7. The molecule has 4 aromatic rings. The van der Waals surface area contributed by atoms with Crippen molar-refractivity contribution in [3.05, 3.63) is 103 Å². The number of hydrogen-bond donors (Lipinski definition) is 0. The molecule has 0 atom stereocenters. The maximum Gasteiger partial charge on any atom is 0.308 e. The smallest absolute Gasteiger partial charge is 0.308 e. The average molecular weight is 381 g/mol. The van der Waals surface area contributed by atoms with Gasteiger partial charge in [-0.1, -0.05) is 66.7 Å². The SMILES string of the molecule is CC(=O)Oc1c(C(=O)N(c2ccccc2)c2ccccc2)ccc2ccccc12. The lowest BCUT2D eigenvalue weighted by molar-refractivity contribution is -0.131. The summed E-state index contributed by atoms with van der Waals surface area (Å²) in [5, 5.41) is 1.61. The van der Waals surface area contributed by atoms with Crippen LogP contribution in [-0.2, 0) is 4.79 Å². The summed E-state index contributed by atoms with van der Waals surface area (Å²) in [6, 6.07) is 29.9. The van der Waals surface area contributed by atoms with Crippen LogP contribution in [0.5, 0.6) is 5.75 Å². The number of rotatable bonds is 4. The van der Waals surface area contributed by atoms with Gasteiger partial charge in [-0.05, 0) is 35.7 Å². The predicted octanol–water partition coefficient (Wildman–Crippen LogP) is 5.74. The Bertz CT molecular complexity index is 1130. The Balaban J connectivity index is 1.91. The Labute approximate surface area is 169 Å². The summed E-state index contributed by atoms with van der Waals surface area (Å²) in [6.07, 6.45) is 0. The Morgan fingerprint density at radius 2 is 1.24 bits per heavy atom. The lowest BCUT2D eigenvalue weighted by atomic mass is 10.0. The van der Waals surface area contributed by atoms with Crippen molar-refractivity contribution in [3.8, 4) is 5.75 Å². The van der Waals surface area contributed by atoms with Gasteiger partial charge < -0.3 is 4.74 Å². The third-order valence-electron chi connectivity index (χ3n) is 4.59. The number of nitrogens with zero attached hydrogens (tertiary/aromatic N) is 1. The van der Waals surface area contributed by atoms with E-state index in [-0.39, 0.29) is 11.7 Å². The van der Waals surface area contributed by atoms with Crippen LogP contribution in [0.25, 0.3) is 10.8 Å². The summed E-state index contributed by atoms with van der Waals surface area (Å²) in [6.45, 7) is 1.34. The Kier molecular flexibility index (Phi) is 5.08. The van der Waals surface area contributed by atoms with E-state index >= 15 is 0 Å². The zero-order valence-corrected chi connectivity index (χ0v) is 15.9. The molecule has 4 heteroatoms. The van der Waals surface area contributed by atoms with Crippen LogP contribution in [0.3, 0.4) is 0 Å². The number of para-hydroxylation sites is 2. The van der Waals surface area contributed by atoms with Gasteiger partial charge in [-0.25, -0.2) is 0 Å². The number of benzene rings is 4. The molecule has 0 aromatic heterocycles. The molecule has 0 saturated carbocycles. The van der Waals surface area contributed by atoms with Crippen molar-refractivity contribution in [1.29, 1.82) is 0 Å². The largest absolute Gasteiger partial charge is 0.425 e. The van der Waals surface area contributed by atoms with E-state index in [1.165, 1.54) is 6.92 Å². The van der Waals surface area contributed by atoms with Gasteiger partial charge in [0.2, 0.25) is 0 Å². The van der Waals surface area contributed by atoms with E-state index < -0.39 is 5.97 Å². The van der Waals surface area contributed by atoms with Gasteiger partial charge in [0.15, 0.2) is 5.75 Å². The van der Waals surface area contributed by atoms with Gasteiger partial charge >= 0.3 is 5.97 Å². The molecule has 142 valence electrons. The van der Waals surface area contributed by atoms with Crippen LogP contribution < -0.4 is 9.64 Å². The molecule has 0 radical (unpaired) electrons. The van der Waals surface area contributed by atoms with Gasteiger partial charge in [-0.3, -0.25) is 14.5 Å². The summed E-state index contributed by atoms with van der Waals surface area (Å²) in [4.78, 5) is 27.1. The van der Waals surface area contributed by atoms with Crippen LogP contribution in [0.1, 0.15) is 17.3 Å². The van der Waals surface area contributed by atoms with E-state index in [0.29, 0.717) is 5.56 Å². The van der Waals surface area contributed by atoms with Gasteiger partial charge in [-0.2, -0.15) is 0 Å². The van der Waals surface area contributed by atoms with Crippen LogP contribution in [0.15, 0.2) is 97.1 Å². The van der Waals surface area contributed by atoms with Crippen LogP contribution >= 0.6 is 0 Å². The first-order valence-corrected chi connectivity index (χ1v) is 9.30. The van der Waals surface area contributed by atoms with Gasteiger partial charge in [0.25, 0.3) is 5.91 Å². The number of carbonyl (C=O) groups is 2. The van der Waals surface area contributed by atoms with Crippen molar-refractivity contribution in [1.82, 2.24) is 0 Å². The summed E-state index contributed by atoms with van der Waals surface area (Å²) in [5.74, 6) is -0.469. The molecular formula is C25H19NO3. The third-order valence-corrected chi connectivity index (χ3v) is 4.59. The van der Waals surface area contributed by atoms with E-state index in [1.807, 2.05) is 91.0 Å². The topological polar surface area (TPSA) is 46.6 Å². The van der Waals surface area contributed by atoms with Gasteiger partial charge in [0.1, 0.15) is 0 Å². The highest BCUT2D eigenvalue weighted by molar-refractivity contribution is 6.15. The van der Waals surface area contributed by atoms with Crippen molar-refractivity contribution in [2.75, 3.05) is 4.90 Å². The summed E-state index contributed by atoms with van der Waals surface area (Å²) in [5.41, 5.74) is 1.78. The number of fused-ring (bicyclic) bond motifs is 1. The minimum Gasteiger partial charge on any atom is -0.425 e. The quantitative estimate of drug-likeness (QED) is 0.334. The molecule has 4 rings (SSSR count). The van der Waals surface area contributed by atoms with Gasteiger partial charge in [-0.15, -0.1) is 0 Å². The van der Waals surface area contributed by atoms with Crippen molar-refractivity contribution >= 4 is 34.0 Å². The minimum atomic E-state index is -0.471. The molecule has 4 aromatic carbocycles. The molecule has 0 aliphatic carbocycles. The molecule has 0 N–H and O–H groups in total. The highest BCUT2D eigenvalue weighted by Crippen LogP contribution is 2.34. The van der Waals surface area contributed by atoms with Crippen LogP contribution in [0, 0.1) is 0 Å². The predicted molar refractivity (Wildman–Crippen MR) is 115 cm³/mol. The van der Waals surface area contributed by atoms with Crippen molar-refractivity contribution in [2.24, 2.45) is 0 Å². The fourth-order valence-corrected chi connectivity index (χ4v) is 3.32. The fraction of sp³-hybridized carbons (Fsp3) is 0.0400. The second-order valence-electron chi connectivity index (χ2n) is 6.57. The first-order chi connectivity index (χ1) is 14.1. The van der Waals surface area contributed by atoms with Crippen LogP contribution in [-0.4, -0.2) is 11.9 Å². The number of anilines is 2. The van der Waals surface area contributed by atoms with Gasteiger partial charge in [0.05, 0.1) is 5.56 Å². The molecule has 0 saturated heterocycles. The lowest BCUT2D eigenvalue weighted by Crippen LogP contribution is -2.26. The minimum absolute atomic E-state index is 0.274. The summed E-state index contributed by atoms with van der Waals surface area (Å²) < 4.78 is 5.52. The Morgan fingerprint density at radius 1 is 0.690 bits per heavy atom. The monoisotopic (exact) mass is 381 g/mol. The number of amides is 1. The van der Waals surface area contributed by atoms with Crippen molar-refractivity contribution < 1.29 is 14.3 Å². The number of ether oxygens (including phenoxy) is 1. The molecule has 1 amide bonds. The lowest BCUT2D eigenvalue weighted by Gasteiger charge is -2.24. The molecular weight excluding hydrogens is 362 g/mol. The van der Waals surface area contributed by atoms with E-state index in [9.17, 15) is 9.59 Å². The zero-order valence-electron chi connectivity index (χ0n) is 15.9. The van der Waals surface area contributed by atoms with Crippen LogP contribution in [0.4, 0.5) is 11.4 Å². The van der Waals surface area contributed by atoms with Gasteiger partial charge in [0, 0.05) is 23.7 Å². The second kappa shape index (κ2) is 7.98. The number of esters is 1. The first kappa shape index (κ1) is 18.4. The molecule has 0 unspecified atom stereocenters. The van der Waals surface area contributed by atoms with E-state index in [4.69, 9.17) is 4.74 Å². The Morgan fingerprint density at radius 3 is 1.83 bits per heavy atom. The molecule has 0 bridgehead atoms. The molecule has 29 heavy (non-hydrogen) atoms. The normalized spacial score (nSPS) is 10.5. The van der Waals surface area contributed by atoms with E-state index in [1.54, 1.807) is 11.0 Å². The molecule has 0 fully saturated rings. The molecule has 0 aliphatic rings. The van der Waals surface area contributed by atoms with Crippen molar-refractivity contribution in [2.45, 2.75) is 6.92 Å². The number of hydrogen-bond acceptors (Lipinski definition) is 3. The molecule has 0 spiro atoms. The summed E-state index contributed by atoms with van der Waals surface area (Å²) in [7, 11) is 0. The Hall–Kier alpha value is -3.92.